The maximum absolute atomic E-state index is 13.3. The lowest BCUT2D eigenvalue weighted by molar-refractivity contribution is 0.0917. The Labute approximate surface area is 169 Å². The van der Waals surface area contributed by atoms with E-state index in [1.165, 1.54) is 6.07 Å². The monoisotopic (exact) mass is 414 g/mol. The van der Waals surface area contributed by atoms with Gasteiger partial charge in [-0.15, -0.1) is 0 Å². The predicted octanol–water partition coefficient (Wildman–Crippen LogP) is 2.04. The molecular formula is C21H22N2O5S. The summed E-state index contributed by atoms with van der Waals surface area (Å²) in [6.45, 7) is 1.34. The van der Waals surface area contributed by atoms with Crippen LogP contribution in [0.3, 0.4) is 0 Å². The molecule has 2 aliphatic heterocycles. The van der Waals surface area contributed by atoms with Crippen LogP contribution in [0.5, 0.6) is 11.5 Å². The molecule has 1 amide bonds. The molecule has 0 aromatic heterocycles. The van der Waals surface area contributed by atoms with E-state index in [0.717, 1.165) is 12.8 Å². The molecule has 8 heteroatoms. The molecule has 0 radical (unpaired) electrons. The third kappa shape index (κ3) is 3.26. The van der Waals surface area contributed by atoms with E-state index in [2.05, 4.69) is 5.32 Å². The van der Waals surface area contributed by atoms with E-state index in [9.17, 15) is 13.2 Å². The number of hydrogen-bond donors (Lipinski definition) is 1. The van der Waals surface area contributed by atoms with Crippen LogP contribution < -0.4 is 14.8 Å². The zero-order valence-electron chi connectivity index (χ0n) is 15.8. The van der Waals surface area contributed by atoms with E-state index >= 15 is 0 Å². The third-order valence-electron chi connectivity index (χ3n) is 5.91. The molecular weight excluding hydrogens is 392 g/mol. The van der Waals surface area contributed by atoms with E-state index in [0.29, 0.717) is 36.8 Å². The number of carbonyl (C=O) groups is 1. The van der Waals surface area contributed by atoms with Crippen molar-refractivity contribution in [3.63, 3.8) is 0 Å². The van der Waals surface area contributed by atoms with Gasteiger partial charge in [0, 0.05) is 30.3 Å². The zero-order chi connectivity index (χ0) is 20.0. The fourth-order valence-corrected chi connectivity index (χ4v) is 6.33. The van der Waals surface area contributed by atoms with Crippen LogP contribution in [-0.4, -0.2) is 50.5 Å². The summed E-state index contributed by atoms with van der Waals surface area (Å²) in [5, 5.41) is 3.04. The molecule has 1 aliphatic carbocycles. The largest absolute Gasteiger partial charge is 0.486 e. The Balaban J connectivity index is 1.37. The fourth-order valence-electron chi connectivity index (χ4n) is 4.57. The molecule has 2 heterocycles. The highest BCUT2D eigenvalue weighted by molar-refractivity contribution is 7.89. The summed E-state index contributed by atoms with van der Waals surface area (Å²) in [4.78, 5) is 12.8. The van der Waals surface area contributed by atoms with Gasteiger partial charge in [-0.3, -0.25) is 4.79 Å². The highest BCUT2D eigenvalue weighted by Gasteiger charge is 2.50. The van der Waals surface area contributed by atoms with Gasteiger partial charge < -0.3 is 14.8 Å². The van der Waals surface area contributed by atoms with Gasteiger partial charge in [0.2, 0.25) is 10.0 Å². The molecule has 0 spiro atoms. The minimum absolute atomic E-state index is 0.167. The topological polar surface area (TPSA) is 84.9 Å². The molecule has 2 fully saturated rings. The first-order chi connectivity index (χ1) is 14.0. The van der Waals surface area contributed by atoms with Crippen molar-refractivity contribution in [3.05, 3.63) is 54.1 Å². The van der Waals surface area contributed by atoms with E-state index in [-0.39, 0.29) is 28.8 Å². The molecule has 29 heavy (non-hydrogen) atoms. The Kier molecular flexibility index (Phi) is 4.48. The van der Waals surface area contributed by atoms with Gasteiger partial charge in [0.05, 0.1) is 4.90 Å². The lowest BCUT2D eigenvalue weighted by atomic mass is 10.1. The van der Waals surface area contributed by atoms with Crippen LogP contribution in [0.2, 0.25) is 0 Å². The van der Waals surface area contributed by atoms with Gasteiger partial charge in [-0.2, -0.15) is 4.31 Å². The minimum atomic E-state index is -3.69. The summed E-state index contributed by atoms with van der Waals surface area (Å²) < 4.78 is 39.2. The number of ether oxygens (including phenoxy) is 2. The van der Waals surface area contributed by atoms with E-state index < -0.39 is 10.0 Å². The Morgan fingerprint density at radius 3 is 2.52 bits per heavy atom. The van der Waals surface area contributed by atoms with Crippen molar-refractivity contribution in [3.8, 4) is 11.5 Å². The maximum atomic E-state index is 13.3. The average molecular weight is 414 g/mol. The number of nitrogens with one attached hydrogen (secondary N) is 1. The molecule has 1 N–H and O–H groups in total. The first-order valence-corrected chi connectivity index (χ1v) is 11.2. The van der Waals surface area contributed by atoms with Gasteiger partial charge in [-0.1, -0.05) is 18.2 Å². The van der Waals surface area contributed by atoms with Crippen molar-refractivity contribution in [2.45, 2.75) is 29.8 Å². The van der Waals surface area contributed by atoms with Crippen LogP contribution in [0.4, 0.5) is 0 Å². The number of nitrogens with zero attached hydrogens (tertiary/aromatic N) is 1. The quantitative estimate of drug-likeness (QED) is 0.828. The second kappa shape index (κ2) is 7.03. The van der Waals surface area contributed by atoms with Crippen LogP contribution in [0, 0.1) is 5.92 Å². The highest BCUT2D eigenvalue weighted by Crippen LogP contribution is 2.42. The smallest absolute Gasteiger partial charge is 0.251 e. The summed E-state index contributed by atoms with van der Waals surface area (Å²) in [6.07, 6.45) is 1.57. The second-order valence-electron chi connectivity index (χ2n) is 7.73. The zero-order valence-corrected chi connectivity index (χ0v) is 16.6. The molecule has 1 saturated heterocycles. The van der Waals surface area contributed by atoms with E-state index in [1.54, 1.807) is 28.6 Å². The Bertz CT molecular complexity index is 1040. The van der Waals surface area contributed by atoms with Crippen LogP contribution in [0.15, 0.2) is 53.4 Å². The summed E-state index contributed by atoms with van der Waals surface area (Å²) in [7, 11) is -3.69. The minimum Gasteiger partial charge on any atom is -0.486 e. The molecule has 152 valence electrons. The number of fused-ring (bicyclic) bond motifs is 3. The van der Waals surface area contributed by atoms with Crippen LogP contribution in [0.1, 0.15) is 23.2 Å². The van der Waals surface area contributed by atoms with Gasteiger partial charge >= 0.3 is 0 Å². The summed E-state index contributed by atoms with van der Waals surface area (Å²) in [5.74, 6) is 1.11. The van der Waals surface area contributed by atoms with Crippen molar-refractivity contribution in [2.75, 3.05) is 19.8 Å². The number of carbonyl (C=O) groups excluding carboxylic acids is 1. The molecule has 2 bridgehead atoms. The molecule has 5 rings (SSSR count). The lowest BCUT2D eigenvalue weighted by Crippen LogP contribution is -2.51. The Morgan fingerprint density at radius 2 is 1.76 bits per heavy atom. The molecule has 7 nitrogen and oxygen atoms in total. The van der Waals surface area contributed by atoms with Crippen molar-refractivity contribution >= 4 is 15.9 Å². The van der Waals surface area contributed by atoms with Crippen molar-refractivity contribution in [1.29, 1.82) is 0 Å². The normalized spacial score (nSPS) is 25.7. The van der Waals surface area contributed by atoms with Gasteiger partial charge in [0.25, 0.3) is 5.91 Å². The fraction of sp³-hybridized carbons (Fsp3) is 0.381. The number of benzene rings is 2. The molecule has 2 aromatic rings. The number of hydrogen-bond acceptors (Lipinski definition) is 5. The summed E-state index contributed by atoms with van der Waals surface area (Å²) in [6, 6.07) is 13.3. The average Bonchev–Trinajstić information content (AvgIpc) is 3.35. The summed E-state index contributed by atoms with van der Waals surface area (Å²) in [5.41, 5.74) is 0.580. The molecule has 1 saturated carbocycles. The Morgan fingerprint density at radius 1 is 1.00 bits per heavy atom. The number of rotatable bonds is 4. The highest BCUT2D eigenvalue weighted by atomic mass is 32.2. The lowest BCUT2D eigenvalue weighted by Gasteiger charge is -2.33. The predicted molar refractivity (Wildman–Crippen MR) is 106 cm³/mol. The SMILES string of the molecule is O=C(NC1CC2CC1N(S(=O)(=O)c1ccc3c(c1)OCCO3)C2)c1ccccc1. The van der Waals surface area contributed by atoms with Crippen molar-refractivity contribution in [2.24, 2.45) is 5.92 Å². The van der Waals surface area contributed by atoms with Crippen LogP contribution >= 0.6 is 0 Å². The molecule has 2 aromatic carbocycles. The first-order valence-electron chi connectivity index (χ1n) is 9.80. The van der Waals surface area contributed by atoms with Crippen molar-refractivity contribution < 1.29 is 22.7 Å². The molecule has 3 aliphatic rings. The third-order valence-corrected chi connectivity index (χ3v) is 7.79. The van der Waals surface area contributed by atoms with Gasteiger partial charge in [-0.05, 0) is 43.0 Å². The standard InChI is InChI=1S/C21H22N2O5S/c24-21(15-4-2-1-3-5-15)22-17-10-14-11-18(17)23(13-14)29(25,26)16-6-7-19-20(12-16)28-9-8-27-19/h1-7,12,14,17-18H,8-11,13H2,(H,22,24). The number of piperidine rings is 1. The van der Waals surface area contributed by atoms with Gasteiger partial charge in [0.15, 0.2) is 11.5 Å². The first kappa shape index (κ1) is 18.4. The van der Waals surface area contributed by atoms with Crippen LogP contribution in [-0.2, 0) is 10.0 Å². The van der Waals surface area contributed by atoms with Crippen molar-refractivity contribution in [1.82, 2.24) is 9.62 Å². The Hall–Kier alpha value is -2.58. The number of sulfonamides is 1. The molecule has 3 unspecified atom stereocenters. The van der Waals surface area contributed by atoms with Gasteiger partial charge in [-0.25, -0.2) is 8.42 Å². The van der Waals surface area contributed by atoms with Gasteiger partial charge in [0.1, 0.15) is 13.2 Å². The summed E-state index contributed by atoms with van der Waals surface area (Å²) >= 11 is 0. The second-order valence-corrected chi connectivity index (χ2v) is 9.62. The maximum Gasteiger partial charge on any atom is 0.251 e. The molecule has 3 atom stereocenters. The van der Waals surface area contributed by atoms with E-state index in [4.69, 9.17) is 9.47 Å². The number of amides is 1. The van der Waals surface area contributed by atoms with E-state index in [1.807, 2.05) is 18.2 Å². The van der Waals surface area contributed by atoms with Crippen LogP contribution in [0.25, 0.3) is 0 Å².